The highest BCUT2D eigenvalue weighted by Gasteiger charge is 2.23. The number of aryl methyl sites for hydroxylation is 4. The third-order valence-corrected chi connectivity index (χ3v) is 5.51. The van der Waals surface area contributed by atoms with E-state index in [9.17, 15) is 9.59 Å². The van der Waals surface area contributed by atoms with Crippen LogP contribution in [0.5, 0.6) is 0 Å². The largest absolute Gasteiger partial charge is 0.356 e. The van der Waals surface area contributed by atoms with E-state index in [0.717, 1.165) is 12.0 Å². The molecule has 0 spiro atoms. The first-order valence-corrected chi connectivity index (χ1v) is 9.61. The normalized spacial score (nSPS) is 15.0. The molecular formula is C22H29N3O2. The summed E-state index contributed by atoms with van der Waals surface area (Å²) in [4.78, 5) is 29.3. The van der Waals surface area contributed by atoms with Crippen LogP contribution in [0.2, 0.25) is 0 Å². The lowest BCUT2D eigenvalue weighted by Gasteiger charge is -2.22. The van der Waals surface area contributed by atoms with Crippen molar-refractivity contribution in [3.8, 4) is 0 Å². The molecule has 5 heteroatoms. The summed E-state index contributed by atoms with van der Waals surface area (Å²) < 4.78 is 1.88. The fourth-order valence-electron chi connectivity index (χ4n) is 3.67. The number of benzene rings is 1. The molecule has 27 heavy (non-hydrogen) atoms. The summed E-state index contributed by atoms with van der Waals surface area (Å²) in [6.45, 7) is 8.84. The Kier molecular flexibility index (Phi) is 5.68. The summed E-state index contributed by atoms with van der Waals surface area (Å²) >= 11 is 0. The predicted molar refractivity (Wildman–Crippen MR) is 107 cm³/mol. The number of aromatic nitrogens is 1. The summed E-state index contributed by atoms with van der Waals surface area (Å²) in [6.07, 6.45) is 4.97. The zero-order valence-electron chi connectivity index (χ0n) is 16.8. The highest BCUT2D eigenvalue weighted by Crippen LogP contribution is 2.17. The van der Waals surface area contributed by atoms with Crippen molar-refractivity contribution in [1.82, 2.24) is 14.4 Å². The predicted octanol–water partition coefficient (Wildman–Crippen LogP) is 2.87. The molecule has 3 rings (SSSR count). The average Bonchev–Trinajstić information content (AvgIpc) is 2.91. The minimum atomic E-state index is 0.0508. The zero-order valence-corrected chi connectivity index (χ0v) is 16.8. The molecule has 2 heterocycles. The van der Waals surface area contributed by atoms with Crippen molar-refractivity contribution in [1.29, 1.82) is 0 Å². The first-order valence-electron chi connectivity index (χ1n) is 9.61. The topological polar surface area (TPSA) is 45.6 Å². The molecule has 0 saturated carbocycles. The summed E-state index contributed by atoms with van der Waals surface area (Å²) in [5, 5.41) is 0. The van der Waals surface area contributed by atoms with Crippen LogP contribution in [0, 0.1) is 20.8 Å². The Labute approximate surface area is 161 Å². The molecule has 0 bridgehead atoms. The van der Waals surface area contributed by atoms with Crippen molar-refractivity contribution in [2.75, 3.05) is 26.2 Å². The van der Waals surface area contributed by atoms with Gasteiger partial charge in [-0.15, -0.1) is 0 Å². The standard InChI is InChI=1S/C22H29N3O2/c1-16-12-18(3)20(13-17(16)2)14-21(26)24-7-5-8-25(11-10-24)22(27)19-6-9-23(4)15-19/h6,9,12-13,15H,5,7-8,10-11,14H2,1-4H3. The molecule has 1 aromatic heterocycles. The van der Waals surface area contributed by atoms with Gasteiger partial charge in [-0.3, -0.25) is 9.59 Å². The van der Waals surface area contributed by atoms with Gasteiger partial charge >= 0.3 is 0 Å². The number of carbonyl (C=O) groups excluding carboxylic acids is 2. The van der Waals surface area contributed by atoms with Gasteiger partial charge in [0.25, 0.3) is 5.91 Å². The van der Waals surface area contributed by atoms with Crippen LogP contribution in [0.3, 0.4) is 0 Å². The Morgan fingerprint density at radius 2 is 1.59 bits per heavy atom. The van der Waals surface area contributed by atoms with E-state index in [-0.39, 0.29) is 11.8 Å². The van der Waals surface area contributed by atoms with Gasteiger partial charge in [0.1, 0.15) is 0 Å². The second-order valence-electron chi connectivity index (χ2n) is 7.63. The van der Waals surface area contributed by atoms with Crippen LogP contribution in [0.4, 0.5) is 0 Å². The fourth-order valence-corrected chi connectivity index (χ4v) is 3.67. The smallest absolute Gasteiger partial charge is 0.255 e. The van der Waals surface area contributed by atoms with Gasteiger partial charge in [0.2, 0.25) is 5.91 Å². The maximum Gasteiger partial charge on any atom is 0.255 e. The summed E-state index contributed by atoms with van der Waals surface area (Å²) in [7, 11) is 1.91. The van der Waals surface area contributed by atoms with Crippen molar-refractivity contribution < 1.29 is 9.59 Å². The maximum absolute atomic E-state index is 12.8. The third kappa shape index (κ3) is 4.41. The van der Waals surface area contributed by atoms with E-state index in [4.69, 9.17) is 0 Å². The lowest BCUT2D eigenvalue weighted by atomic mass is 9.98. The van der Waals surface area contributed by atoms with Crippen LogP contribution in [0.15, 0.2) is 30.6 Å². The summed E-state index contributed by atoms with van der Waals surface area (Å²) in [5.74, 6) is 0.199. The van der Waals surface area contributed by atoms with Gasteiger partial charge in [-0.1, -0.05) is 12.1 Å². The number of hydrogen-bond acceptors (Lipinski definition) is 2. The van der Waals surface area contributed by atoms with Crippen LogP contribution in [-0.4, -0.2) is 52.4 Å². The molecule has 0 unspecified atom stereocenters. The van der Waals surface area contributed by atoms with Crippen LogP contribution in [0.1, 0.15) is 39.0 Å². The van der Waals surface area contributed by atoms with Crippen molar-refractivity contribution in [3.05, 3.63) is 58.4 Å². The Morgan fingerprint density at radius 1 is 0.926 bits per heavy atom. The van der Waals surface area contributed by atoms with Crippen molar-refractivity contribution in [2.24, 2.45) is 7.05 Å². The molecule has 0 N–H and O–H groups in total. The average molecular weight is 367 g/mol. The molecule has 2 amide bonds. The van der Waals surface area contributed by atoms with Crippen molar-refractivity contribution in [2.45, 2.75) is 33.6 Å². The maximum atomic E-state index is 12.8. The Bertz CT molecular complexity index is 853. The minimum absolute atomic E-state index is 0.0508. The minimum Gasteiger partial charge on any atom is -0.356 e. The monoisotopic (exact) mass is 367 g/mol. The first-order chi connectivity index (χ1) is 12.8. The van der Waals surface area contributed by atoms with Gasteiger partial charge in [-0.2, -0.15) is 0 Å². The molecule has 144 valence electrons. The number of nitrogens with zero attached hydrogens (tertiary/aromatic N) is 3. The molecular weight excluding hydrogens is 338 g/mol. The number of carbonyl (C=O) groups is 2. The quantitative estimate of drug-likeness (QED) is 0.837. The Morgan fingerprint density at radius 3 is 2.30 bits per heavy atom. The van der Waals surface area contributed by atoms with Crippen LogP contribution >= 0.6 is 0 Å². The van der Waals surface area contributed by atoms with E-state index in [2.05, 4.69) is 32.9 Å². The van der Waals surface area contributed by atoms with E-state index >= 15 is 0 Å². The van der Waals surface area contributed by atoms with Gasteiger partial charge in [-0.25, -0.2) is 0 Å². The highest BCUT2D eigenvalue weighted by atomic mass is 16.2. The molecule has 0 radical (unpaired) electrons. The molecule has 1 aliphatic rings. The fraction of sp³-hybridized carbons (Fsp3) is 0.455. The lowest BCUT2D eigenvalue weighted by molar-refractivity contribution is -0.130. The molecule has 0 atom stereocenters. The lowest BCUT2D eigenvalue weighted by Crippen LogP contribution is -2.38. The molecule has 5 nitrogen and oxygen atoms in total. The van der Waals surface area contributed by atoms with Gasteiger partial charge < -0.3 is 14.4 Å². The SMILES string of the molecule is Cc1cc(C)c(CC(=O)N2CCCN(C(=O)c3ccn(C)c3)CC2)cc1C. The second-order valence-corrected chi connectivity index (χ2v) is 7.63. The Balaban J connectivity index is 1.63. The molecule has 0 aliphatic carbocycles. The highest BCUT2D eigenvalue weighted by molar-refractivity contribution is 5.94. The molecule has 1 aromatic carbocycles. The second kappa shape index (κ2) is 7.99. The number of amides is 2. The van der Waals surface area contributed by atoms with E-state index in [0.29, 0.717) is 38.2 Å². The van der Waals surface area contributed by atoms with Crippen LogP contribution in [0.25, 0.3) is 0 Å². The van der Waals surface area contributed by atoms with Crippen molar-refractivity contribution in [3.63, 3.8) is 0 Å². The molecule has 1 fully saturated rings. The summed E-state index contributed by atoms with van der Waals surface area (Å²) in [6, 6.07) is 6.13. The number of hydrogen-bond donors (Lipinski definition) is 0. The third-order valence-electron chi connectivity index (χ3n) is 5.51. The van der Waals surface area contributed by atoms with Gasteiger partial charge in [0.15, 0.2) is 0 Å². The van der Waals surface area contributed by atoms with Crippen LogP contribution in [-0.2, 0) is 18.3 Å². The molecule has 2 aromatic rings. The number of rotatable bonds is 3. The molecule has 1 aliphatic heterocycles. The van der Waals surface area contributed by atoms with E-state index in [1.807, 2.05) is 39.9 Å². The summed E-state index contributed by atoms with van der Waals surface area (Å²) in [5.41, 5.74) is 5.46. The Hall–Kier alpha value is -2.56. The first kappa shape index (κ1) is 19.2. The van der Waals surface area contributed by atoms with E-state index in [1.165, 1.54) is 16.7 Å². The van der Waals surface area contributed by atoms with E-state index < -0.39 is 0 Å². The molecule has 1 saturated heterocycles. The zero-order chi connectivity index (χ0) is 19.6. The van der Waals surface area contributed by atoms with Crippen molar-refractivity contribution >= 4 is 11.8 Å². The van der Waals surface area contributed by atoms with Gasteiger partial charge in [-0.05, 0) is 55.5 Å². The van der Waals surface area contributed by atoms with Gasteiger partial charge in [0.05, 0.1) is 12.0 Å². The van der Waals surface area contributed by atoms with E-state index in [1.54, 1.807) is 0 Å². The van der Waals surface area contributed by atoms with Crippen LogP contribution < -0.4 is 0 Å². The van der Waals surface area contributed by atoms with Gasteiger partial charge in [0, 0.05) is 45.6 Å².